The van der Waals surface area contributed by atoms with Gasteiger partial charge in [0.2, 0.25) is 11.6 Å². The van der Waals surface area contributed by atoms with Crippen molar-refractivity contribution in [2.75, 3.05) is 32.0 Å². The van der Waals surface area contributed by atoms with Gasteiger partial charge in [0.1, 0.15) is 5.75 Å². The molecule has 2 heterocycles. The van der Waals surface area contributed by atoms with Gasteiger partial charge in [-0.3, -0.25) is 4.79 Å². The summed E-state index contributed by atoms with van der Waals surface area (Å²) in [4.78, 5) is 13.6. The van der Waals surface area contributed by atoms with Crippen LogP contribution in [0.2, 0.25) is 0 Å². The number of ketones is 1. The van der Waals surface area contributed by atoms with Gasteiger partial charge >= 0.3 is 0 Å². The summed E-state index contributed by atoms with van der Waals surface area (Å²) >= 11 is 0. The average molecular weight is 448 g/mol. The van der Waals surface area contributed by atoms with Crippen LogP contribution in [0, 0.1) is 0 Å². The number of nitrogens with zero attached hydrogens (tertiary/aromatic N) is 2. The maximum atomic E-state index is 13.6. The van der Waals surface area contributed by atoms with Gasteiger partial charge in [0.15, 0.2) is 17.3 Å². The Morgan fingerprint density at radius 2 is 1.61 bits per heavy atom. The number of nitrogens with one attached hydrogen (secondary N) is 2. The topological polar surface area (TPSA) is 108 Å². The molecule has 9 nitrogen and oxygen atoms in total. The van der Waals surface area contributed by atoms with Crippen molar-refractivity contribution in [2.45, 2.75) is 24.8 Å². The summed E-state index contributed by atoms with van der Waals surface area (Å²) in [6, 6.07) is 13.1. The molecule has 0 saturated heterocycles. The van der Waals surface area contributed by atoms with Crippen molar-refractivity contribution in [1.29, 1.82) is 0 Å². The lowest BCUT2D eigenvalue weighted by atomic mass is 9.78. The van der Waals surface area contributed by atoms with E-state index < -0.39 is 6.04 Å². The van der Waals surface area contributed by atoms with Crippen LogP contribution < -0.4 is 24.8 Å². The number of benzene rings is 2. The zero-order chi connectivity index (χ0) is 22.9. The van der Waals surface area contributed by atoms with Gasteiger partial charge in [-0.2, -0.15) is 0 Å². The lowest BCUT2D eigenvalue weighted by Gasteiger charge is -2.30. The Kier molecular flexibility index (Phi) is 5.37. The van der Waals surface area contributed by atoms with Gasteiger partial charge in [-0.25, -0.2) is 4.63 Å². The van der Waals surface area contributed by atoms with Crippen LogP contribution in [0.25, 0.3) is 0 Å². The number of carbonyl (C=O) groups is 1. The lowest BCUT2D eigenvalue weighted by molar-refractivity contribution is -0.116. The van der Waals surface area contributed by atoms with E-state index in [9.17, 15) is 4.79 Å². The fourth-order valence-electron chi connectivity index (χ4n) is 4.57. The third-order valence-electron chi connectivity index (χ3n) is 6.15. The smallest absolute Gasteiger partial charge is 0.219 e. The van der Waals surface area contributed by atoms with Crippen LogP contribution in [0.5, 0.6) is 17.2 Å². The molecule has 0 spiro atoms. The van der Waals surface area contributed by atoms with Crippen LogP contribution in [0.3, 0.4) is 0 Å². The average Bonchev–Trinajstić information content (AvgIpc) is 3.22. The third-order valence-corrected chi connectivity index (χ3v) is 6.15. The molecule has 2 aromatic carbocycles. The van der Waals surface area contributed by atoms with E-state index in [0.29, 0.717) is 52.9 Å². The van der Waals surface area contributed by atoms with Gasteiger partial charge in [-0.15, -0.1) is 0 Å². The number of hydrogen-bond donors (Lipinski definition) is 2. The number of Topliss-reactive ketones (excluding diaryl/α,β-unsaturated/α-hetero) is 1. The summed E-state index contributed by atoms with van der Waals surface area (Å²) in [6.45, 7) is 0. The van der Waals surface area contributed by atoms with E-state index in [-0.39, 0.29) is 11.7 Å². The van der Waals surface area contributed by atoms with Gasteiger partial charge in [0, 0.05) is 29.3 Å². The SMILES string of the molecule is COc1cc(OC)c([C@@H]2Nc3nonc3NC3=C2C(=O)C[C@H](c2ccccc2)C3)cc1OC. The number of hydrogen-bond acceptors (Lipinski definition) is 9. The quantitative estimate of drug-likeness (QED) is 0.597. The number of carbonyl (C=O) groups excluding carboxylic acids is 1. The summed E-state index contributed by atoms with van der Waals surface area (Å²) in [5, 5.41) is 14.6. The molecule has 0 unspecified atom stereocenters. The Morgan fingerprint density at radius 1 is 0.909 bits per heavy atom. The normalized spacial score (nSPS) is 19.5. The number of ether oxygens (including phenoxy) is 3. The van der Waals surface area contributed by atoms with Crippen LogP contribution in [0.15, 0.2) is 58.4 Å². The Balaban J connectivity index is 1.65. The van der Waals surface area contributed by atoms with E-state index in [0.717, 1.165) is 11.3 Å². The highest BCUT2D eigenvalue weighted by atomic mass is 16.6. The first kappa shape index (κ1) is 20.9. The molecule has 9 heteroatoms. The Labute approximate surface area is 190 Å². The van der Waals surface area contributed by atoms with E-state index in [2.05, 4.69) is 33.1 Å². The van der Waals surface area contributed by atoms with Crippen LogP contribution in [-0.4, -0.2) is 37.4 Å². The molecular weight excluding hydrogens is 424 g/mol. The molecular formula is C24H24N4O5. The molecule has 0 bridgehead atoms. The molecule has 1 aliphatic heterocycles. The van der Waals surface area contributed by atoms with E-state index in [1.54, 1.807) is 27.4 Å². The monoisotopic (exact) mass is 448 g/mol. The minimum absolute atomic E-state index is 0.0361. The maximum Gasteiger partial charge on any atom is 0.219 e. The number of aromatic nitrogens is 2. The number of allylic oxidation sites excluding steroid dienone is 1. The standard InChI is InChI=1S/C24H24N4O5/c1-30-18-12-20(32-3)19(31-2)11-15(18)22-21-16(25-23-24(26-22)28-33-27-23)9-14(10-17(21)29)13-7-5-4-6-8-13/h4-8,11-12,14,22H,9-10H2,1-3H3,(H,25,27)(H,26,28)/t14-,22+/m1/s1. The molecule has 0 amide bonds. The van der Waals surface area contributed by atoms with Crippen LogP contribution >= 0.6 is 0 Å². The van der Waals surface area contributed by atoms with Crippen LogP contribution in [-0.2, 0) is 4.79 Å². The van der Waals surface area contributed by atoms with Crippen molar-refractivity contribution >= 4 is 17.4 Å². The minimum Gasteiger partial charge on any atom is -0.496 e. The molecule has 1 aromatic heterocycles. The molecule has 2 N–H and O–H groups in total. The van der Waals surface area contributed by atoms with E-state index in [1.165, 1.54) is 0 Å². The van der Waals surface area contributed by atoms with Crippen molar-refractivity contribution in [3.05, 3.63) is 64.9 Å². The molecule has 5 rings (SSSR count). The summed E-state index contributed by atoms with van der Waals surface area (Å²) in [5.74, 6) is 2.55. The highest BCUT2D eigenvalue weighted by Crippen LogP contribution is 2.47. The molecule has 0 radical (unpaired) electrons. The first-order valence-electron chi connectivity index (χ1n) is 10.6. The summed E-state index contributed by atoms with van der Waals surface area (Å²) in [6.07, 6.45) is 1.04. The van der Waals surface area contributed by atoms with Gasteiger partial charge in [-0.05, 0) is 34.3 Å². The molecule has 2 atom stereocenters. The molecule has 1 aliphatic carbocycles. The molecule has 170 valence electrons. The first-order chi connectivity index (χ1) is 16.1. The van der Waals surface area contributed by atoms with E-state index in [1.807, 2.05) is 24.3 Å². The summed E-state index contributed by atoms with van der Waals surface area (Å²) in [7, 11) is 4.70. The highest BCUT2D eigenvalue weighted by Gasteiger charge is 2.38. The van der Waals surface area contributed by atoms with Crippen LogP contribution in [0.1, 0.15) is 35.9 Å². The zero-order valence-electron chi connectivity index (χ0n) is 18.5. The zero-order valence-corrected chi connectivity index (χ0v) is 18.5. The molecule has 3 aromatic rings. The fraction of sp³-hybridized carbons (Fsp3) is 0.292. The number of fused-ring (bicyclic) bond motifs is 1. The lowest BCUT2D eigenvalue weighted by Crippen LogP contribution is -2.27. The summed E-state index contributed by atoms with van der Waals surface area (Å²) in [5.41, 5.74) is 3.23. The number of methoxy groups -OCH3 is 3. The van der Waals surface area contributed by atoms with E-state index >= 15 is 0 Å². The van der Waals surface area contributed by atoms with Gasteiger partial charge < -0.3 is 24.8 Å². The van der Waals surface area contributed by atoms with Crippen molar-refractivity contribution in [1.82, 2.24) is 10.3 Å². The van der Waals surface area contributed by atoms with Crippen molar-refractivity contribution < 1.29 is 23.6 Å². The maximum absolute atomic E-state index is 13.6. The predicted octanol–water partition coefficient (Wildman–Crippen LogP) is 4.07. The molecule has 0 fully saturated rings. The minimum atomic E-state index is -0.556. The Bertz CT molecular complexity index is 1220. The van der Waals surface area contributed by atoms with E-state index in [4.69, 9.17) is 18.8 Å². The van der Waals surface area contributed by atoms with Gasteiger partial charge in [0.25, 0.3) is 0 Å². The second-order valence-electron chi connectivity index (χ2n) is 7.94. The number of anilines is 2. The largest absolute Gasteiger partial charge is 0.496 e. The van der Waals surface area contributed by atoms with Crippen molar-refractivity contribution in [2.24, 2.45) is 0 Å². The second-order valence-corrected chi connectivity index (χ2v) is 7.94. The predicted molar refractivity (Wildman–Crippen MR) is 121 cm³/mol. The fourth-order valence-corrected chi connectivity index (χ4v) is 4.57. The first-order valence-corrected chi connectivity index (χ1v) is 10.6. The molecule has 2 aliphatic rings. The van der Waals surface area contributed by atoms with Crippen LogP contribution in [0.4, 0.5) is 11.6 Å². The second kappa shape index (κ2) is 8.50. The Morgan fingerprint density at radius 3 is 2.33 bits per heavy atom. The third kappa shape index (κ3) is 3.65. The van der Waals surface area contributed by atoms with Gasteiger partial charge in [0.05, 0.1) is 27.4 Å². The van der Waals surface area contributed by atoms with Gasteiger partial charge in [-0.1, -0.05) is 30.3 Å². The Hall–Kier alpha value is -4.01. The number of rotatable bonds is 5. The highest BCUT2D eigenvalue weighted by molar-refractivity contribution is 6.01. The van der Waals surface area contributed by atoms with Crippen molar-refractivity contribution in [3.8, 4) is 17.2 Å². The van der Waals surface area contributed by atoms with Crippen molar-refractivity contribution in [3.63, 3.8) is 0 Å². The molecule has 33 heavy (non-hydrogen) atoms. The molecule has 0 saturated carbocycles. The summed E-state index contributed by atoms with van der Waals surface area (Å²) < 4.78 is 21.6.